The maximum Gasteiger partial charge on any atom is 0.458 e. The molecule has 0 aliphatic heterocycles. The molecular formula is C8ClF16O3-. The van der Waals surface area contributed by atoms with E-state index in [-0.39, 0.29) is 0 Å². The van der Waals surface area contributed by atoms with Crippen molar-refractivity contribution in [3.05, 3.63) is 0 Å². The normalized spacial score (nSPS) is 21.6. The van der Waals surface area contributed by atoms with Crippen LogP contribution in [0.1, 0.15) is 0 Å². The summed E-state index contributed by atoms with van der Waals surface area (Å²) in [7, 11) is 0. The van der Waals surface area contributed by atoms with Crippen molar-refractivity contribution in [1.29, 1.82) is 0 Å². The van der Waals surface area contributed by atoms with Gasteiger partial charge in [-0.05, 0) is 0 Å². The molecule has 0 aromatic rings. The van der Waals surface area contributed by atoms with E-state index in [0.29, 0.717) is 0 Å². The van der Waals surface area contributed by atoms with E-state index in [9.17, 15) is 75.4 Å². The molecule has 0 saturated carbocycles. The molecule has 0 N–H and O–H groups in total. The van der Waals surface area contributed by atoms with Crippen LogP contribution in [0.2, 0.25) is 0 Å². The lowest BCUT2D eigenvalue weighted by Crippen LogP contribution is -2.69. The summed E-state index contributed by atoms with van der Waals surface area (Å²) in [6.07, 6.45) is -37.3. The average molecular weight is 484 g/mol. The molecular weight excluding hydrogens is 484 g/mol. The van der Waals surface area contributed by atoms with Gasteiger partial charge in [-0.25, -0.2) is 13.5 Å². The van der Waals surface area contributed by atoms with Gasteiger partial charge in [0.25, 0.3) is 0 Å². The van der Waals surface area contributed by atoms with Crippen molar-refractivity contribution >= 4 is 11.6 Å². The summed E-state index contributed by atoms with van der Waals surface area (Å²) in [5.74, 6) is -7.81. The number of alkyl halides is 17. The predicted octanol–water partition coefficient (Wildman–Crippen LogP) is 4.45. The second kappa shape index (κ2) is 6.79. The van der Waals surface area contributed by atoms with Crippen LogP contribution in [0.3, 0.4) is 0 Å². The van der Waals surface area contributed by atoms with Crippen LogP contribution in [-0.4, -0.2) is 47.8 Å². The fraction of sp³-hybridized carbons (Fsp3) is 1.00. The molecule has 0 bridgehead atoms. The van der Waals surface area contributed by atoms with Crippen LogP contribution < -0.4 is 5.11 Å². The molecule has 0 aliphatic carbocycles. The lowest BCUT2D eigenvalue weighted by atomic mass is 10.2. The van der Waals surface area contributed by atoms with Crippen molar-refractivity contribution in [2.24, 2.45) is 0 Å². The Morgan fingerprint density at radius 3 is 1.11 bits per heavy atom. The smallest absolute Gasteiger partial charge is 0.458 e. The highest BCUT2D eigenvalue weighted by Crippen LogP contribution is 2.56. The van der Waals surface area contributed by atoms with Crippen LogP contribution >= 0.6 is 11.6 Å². The Bertz CT molecular complexity index is 562. The molecule has 3 atom stereocenters. The molecule has 0 heterocycles. The molecule has 170 valence electrons. The van der Waals surface area contributed by atoms with Gasteiger partial charge in [0.2, 0.25) is 6.04 Å². The lowest BCUT2D eigenvalue weighted by Gasteiger charge is -2.43. The number of halogens is 17. The molecule has 0 spiro atoms. The Balaban J connectivity index is 6.34. The largest absolute Gasteiger partial charge is 0.795 e. The zero-order chi connectivity index (χ0) is 23.4. The summed E-state index contributed by atoms with van der Waals surface area (Å²) in [4.78, 5) is 0. The van der Waals surface area contributed by atoms with Gasteiger partial charge in [-0.1, -0.05) is 11.6 Å². The third-order valence-corrected chi connectivity index (χ3v) is 2.76. The van der Waals surface area contributed by atoms with Gasteiger partial charge in [0.15, 0.2) is 0 Å². The highest BCUT2D eigenvalue weighted by Gasteiger charge is 2.82. The highest BCUT2D eigenvalue weighted by molar-refractivity contribution is 6.24. The van der Waals surface area contributed by atoms with Crippen LogP contribution in [-0.2, 0) is 9.47 Å². The van der Waals surface area contributed by atoms with E-state index >= 15 is 0 Å². The number of hydrogen-bond acceptors (Lipinski definition) is 3. The minimum absolute atomic E-state index is 1.37. The Labute approximate surface area is 145 Å². The molecule has 0 fully saturated rings. The molecule has 0 aliphatic rings. The van der Waals surface area contributed by atoms with Gasteiger partial charge >= 0.3 is 41.7 Å². The van der Waals surface area contributed by atoms with Crippen molar-refractivity contribution in [3.63, 3.8) is 0 Å². The molecule has 0 rings (SSSR count). The summed E-state index contributed by atoms with van der Waals surface area (Å²) >= 11 is 3.52. The summed E-state index contributed by atoms with van der Waals surface area (Å²) < 4.78 is 202. The second-order valence-electron chi connectivity index (χ2n) is 4.44. The monoisotopic (exact) mass is 483 g/mol. The van der Waals surface area contributed by atoms with E-state index in [1.165, 1.54) is 9.47 Å². The Kier molecular flexibility index (Phi) is 6.56. The van der Waals surface area contributed by atoms with E-state index < -0.39 is 47.8 Å². The molecule has 3 nitrogen and oxygen atoms in total. The van der Waals surface area contributed by atoms with Gasteiger partial charge in [0.05, 0.1) is 0 Å². The van der Waals surface area contributed by atoms with E-state index in [0.717, 1.165) is 0 Å². The van der Waals surface area contributed by atoms with E-state index in [2.05, 4.69) is 11.6 Å². The Morgan fingerprint density at radius 1 is 0.500 bits per heavy atom. The van der Waals surface area contributed by atoms with Crippen LogP contribution in [0.5, 0.6) is 0 Å². The fourth-order valence-electron chi connectivity index (χ4n) is 0.977. The number of ether oxygens (including phenoxy) is 2. The molecule has 0 aromatic heterocycles. The molecule has 28 heavy (non-hydrogen) atoms. The first-order valence-corrected chi connectivity index (χ1v) is 5.86. The minimum Gasteiger partial charge on any atom is -0.795 e. The first-order chi connectivity index (χ1) is 11.7. The van der Waals surface area contributed by atoms with E-state index in [4.69, 9.17) is 0 Å². The molecule has 0 saturated heterocycles. The molecule has 0 radical (unpaired) electrons. The van der Waals surface area contributed by atoms with Gasteiger partial charge in [-0.3, -0.25) is 4.74 Å². The van der Waals surface area contributed by atoms with Crippen molar-refractivity contribution in [2.45, 2.75) is 47.8 Å². The third kappa shape index (κ3) is 4.61. The fourth-order valence-corrected chi connectivity index (χ4v) is 1.02. The van der Waals surface area contributed by atoms with Gasteiger partial charge in [0, 0.05) is 0 Å². The van der Waals surface area contributed by atoms with E-state index in [1.807, 2.05) is 0 Å². The molecule has 3 unspecified atom stereocenters. The first-order valence-electron chi connectivity index (χ1n) is 5.48. The number of rotatable bonds is 6. The van der Waals surface area contributed by atoms with Crippen LogP contribution in [0, 0.1) is 0 Å². The van der Waals surface area contributed by atoms with E-state index in [1.54, 1.807) is 0 Å². The molecule has 0 amide bonds. The third-order valence-electron chi connectivity index (χ3n) is 2.33. The van der Waals surface area contributed by atoms with Crippen molar-refractivity contribution in [1.82, 2.24) is 0 Å². The molecule has 0 aromatic carbocycles. The first kappa shape index (κ1) is 27.0. The van der Waals surface area contributed by atoms with Crippen LogP contribution in [0.15, 0.2) is 0 Å². The van der Waals surface area contributed by atoms with Gasteiger partial charge < -0.3 is 5.11 Å². The van der Waals surface area contributed by atoms with Crippen molar-refractivity contribution < 1.29 is 84.8 Å². The summed E-state index contributed by atoms with van der Waals surface area (Å²) in [6.45, 7) is 0. The summed E-state index contributed by atoms with van der Waals surface area (Å²) in [6, 6.07) is -7.23. The van der Waals surface area contributed by atoms with Crippen molar-refractivity contribution in [2.75, 3.05) is 0 Å². The van der Waals surface area contributed by atoms with Gasteiger partial charge in [0.1, 0.15) is 0 Å². The minimum atomic E-state index is -7.81. The average Bonchev–Trinajstić information content (AvgIpc) is 2.31. The van der Waals surface area contributed by atoms with Gasteiger partial charge in [-0.15, -0.1) is 0 Å². The second-order valence-corrected chi connectivity index (χ2v) is 4.96. The van der Waals surface area contributed by atoms with Crippen LogP contribution in [0.25, 0.3) is 0 Å². The zero-order valence-corrected chi connectivity index (χ0v) is 12.4. The summed E-state index contributed by atoms with van der Waals surface area (Å²) in [5, 5.41) is 3.34. The summed E-state index contributed by atoms with van der Waals surface area (Å²) in [5.41, 5.74) is 0. The van der Waals surface area contributed by atoms with Gasteiger partial charge in [-0.2, -0.15) is 61.5 Å². The maximum atomic E-state index is 13.4. The zero-order valence-electron chi connectivity index (χ0n) is 11.7. The maximum absolute atomic E-state index is 13.4. The topological polar surface area (TPSA) is 41.5 Å². The standard InChI is InChI=1S/C8ClF16O3/c9-1(10,3(12,13)14)6(21,22)28-7(23,24)2(11,4(15,16)17)27-8(25,26)5(18,19)20/q-1. The number of hydrogen-bond donors (Lipinski definition) is 0. The van der Waals surface area contributed by atoms with Crippen LogP contribution in [0.4, 0.5) is 70.2 Å². The van der Waals surface area contributed by atoms with Crippen molar-refractivity contribution in [3.8, 4) is 0 Å². The quantitative estimate of drug-likeness (QED) is 0.319. The molecule has 20 heteroatoms. The SMILES string of the molecule is [O-]C(F)(OC(F)(C(F)(F)F)C(F)(F)OC(F)(F)C(F)(Cl)C(F)(F)F)C(F)(F)F. The Morgan fingerprint density at radius 2 is 0.857 bits per heavy atom. The highest BCUT2D eigenvalue weighted by atomic mass is 35.5. The lowest BCUT2D eigenvalue weighted by molar-refractivity contribution is -0.692. The Hall–Kier alpha value is -0.950. The predicted molar refractivity (Wildman–Crippen MR) is 47.6 cm³/mol.